The van der Waals surface area contributed by atoms with E-state index in [1.54, 1.807) is 0 Å². The van der Waals surface area contributed by atoms with Crippen LogP contribution in [-0.4, -0.2) is 38.2 Å². The SMILES string of the molecule is CC(CP(=O)(O)O)OCCn1ccc(=O)[nH]c1=O. The molecule has 1 heterocycles. The maximum atomic E-state index is 11.3. The second-order valence-electron chi connectivity index (χ2n) is 3.83. The summed E-state index contributed by atoms with van der Waals surface area (Å²) in [6.07, 6.45) is 0.357. The average Bonchev–Trinajstić information content (AvgIpc) is 2.18. The fraction of sp³-hybridized carbons (Fsp3) is 0.556. The number of nitrogens with zero attached hydrogens (tertiary/aromatic N) is 1. The molecule has 0 aromatic carbocycles. The molecule has 0 aliphatic rings. The van der Waals surface area contributed by atoms with Crippen molar-refractivity contribution in [3.8, 4) is 0 Å². The lowest BCUT2D eigenvalue weighted by atomic mass is 10.5. The monoisotopic (exact) mass is 278 g/mol. The molecule has 1 aromatic rings. The number of nitrogens with one attached hydrogen (secondary N) is 1. The lowest BCUT2D eigenvalue weighted by molar-refractivity contribution is 0.0708. The minimum absolute atomic E-state index is 0.118. The first kappa shape index (κ1) is 14.8. The number of hydrogen-bond acceptors (Lipinski definition) is 4. The molecule has 102 valence electrons. The van der Waals surface area contributed by atoms with Crippen molar-refractivity contribution in [1.29, 1.82) is 0 Å². The Morgan fingerprint density at radius 1 is 1.50 bits per heavy atom. The highest BCUT2D eigenvalue weighted by Crippen LogP contribution is 2.35. The van der Waals surface area contributed by atoms with E-state index in [0.717, 1.165) is 0 Å². The number of H-pyrrole nitrogens is 1. The van der Waals surface area contributed by atoms with E-state index >= 15 is 0 Å². The minimum atomic E-state index is -4.09. The summed E-state index contributed by atoms with van der Waals surface area (Å²) in [6, 6.07) is 1.21. The Labute approximate surface area is 102 Å². The predicted octanol–water partition coefficient (Wildman–Crippen LogP) is -0.881. The lowest BCUT2D eigenvalue weighted by Gasteiger charge is -2.14. The first-order valence-corrected chi connectivity index (χ1v) is 7.03. The van der Waals surface area contributed by atoms with Gasteiger partial charge in [0.25, 0.3) is 5.56 Å². The van der Waals surface area contributed by atoms with Gasteiger partial charge in [0, 0.05) is 12.3 Å². The molecule has 1 atom stereocenters. The first-order valence-electron chi connectivity index (χ1n) is 5.24. The standard InChI is InChI=1S/C9H15N2O6P/c1-7(6-18(14,15)16)17-5-4-11-3-2-8(12)10-9(11)13/h2-3,7H,4-6H2,1H3,(H,10,12,13)(H2,14,15,16). The van der Waals surface area contributed by atoms with E-state index in [2.05, 4.69) is 4.98 Å². The molecule has 8 nitrogen and oxygen atoms in total. The zero-order valence-corrected chi connectivity index (χ0v) is 10.7. The van der Waals surface area contributed by atoms with E-state index in [0.29, 0.717) is 0 Å². The lowest BCUT2D eigenvalue weighted by Crippen LogP contribution is -2.30. The zero-order chi connectivity index (χ0) is 13.8. The van der Waals surface area contributed by atoms with Gasteiger partial charge >= 0.3 is 13.3 Å². The molecule has 0 aliphatic carbocycles. The molecule has 0 radical (unpaired) electrons. The summed E-state index contributed by atoms with van der Waals surface area (Å²) in [5.41, 5.74) is -1.03. The Kier molecular flexibility index (Phi) is 5.03. The van der Waals surface area contributed by atoms with Gasteiger partial charge in [-0.3, -0.25) is 18.9 Å². The normalized spacial score (nSPS) is 13.5. The molecular weight excluding hydrogens is 263 g/mol. The molecular formula is C9H15N2O6P. The summed E-state index contributed by atoms with van der Waals surface area (Å²) < 4.78 is 17.1. The van der Waals surface area contributed by atoms with Crippen molar-refractivity contribution in [2.45, 2.75) is 19.6 Å². The van der Waals surface area contributed by atoms with Crippen LogP contribution in [0.1, 0.15) is 6.92 Å². The van der Waals surface area contributed by atoms with Gasteiger partial charge in [-0.25, -0.2) is 4.79 Å². The fourth-order valence-corrected chi connectivity index (χ4v) is 2.14. The van der Waals surface area contributed by atoms with E-state index in [9.17, 15) is 14.2 Å². The summed E-state index contributed by atoms with van der Waals surface area (Å²) in [5.74, 6) is 0. The van der Waals surface area contributed by atoms with Crippen LogP contribution in [0.15, 0.2) is 21.9 Å². The van der Waals surface area contributed by atoms with Gasteiger partial charge in [0.05, 0.1) is 25.4 Å². The number of aromatic amines is 1. The van der Waals surface area contributed by atoms with Gasteiger partial charge in [0.1, 0.15) is 0 Å². The third-order valence-electron chi connectivity index (χ3n) is 2.13. The summed E-state index contributed by atoms with van der Waals surface area (Å²) in [4.78, 5) is 41.6. The van der Waals surface area contributed by atoms with Gasteiger partial charge in [-0.05, 0) is 6.92 Å². The highest BCUT2D eigenvalue weighted by molar-refractivity contribution is 7.51. The topological polar surface area (TPSA) is 122 Å². The van der Waals surface area contributed by atoms with Crippen molar-refractivity contribution in [3.05, 3.63) is 33.1 Å². The molecule has 0 spiro atoms. The maximum Gasteiger partial charge on any atom is 0.328 e. The Hall–Kier alpha value is -1.21. The molecule has 18 heavy (non-hydrogen) atoms. The van der Waals surface area contributed by atoms with E-state index < -0.39 is 24.9 Å². The van der Waals surface area contributed by atoms with Crippen LogP contribution >= 0.6 is 7.60 Å². The Morgan fingerprint density at radius 2 is 2.17 bits per heavy atom. The summed E-state index contributed by atoms with van der Waals surface area (Å²) >= 11 is 0. The molecule has 3 N–H and O–H groups in total. The molecule has 0 aliphatic heterocycles. The van der Waals surface area contributed by atoms with Gasteiger partial charge in [-0.15, -0.1) is 0 Å². The van der Waals surface area contributed by atoms with Crippen molar-refractivity contribution in [2.75, 3.05) is 12.8 Å². The van der Waals surface area contributed by atoms with E-state index in [4.69, 9.17) is 14.5 Å². The van der Waals surface area contributed by atoms with Crippen LogP contribution < -0.4 is 11.2 Å². The Bertz CT molecular complexity index is 544. The van der Waals surface area contributed by atoms with Crippen LogP contribution in [0.4, 0.5) is 0 Å². The summed E-state index contributed by atoms with van der Waals surface area (Å²) in [5, 5.41) is 0. The highest BCUT2D eigenvalue weighted by atomic mass is 31.2. The van der Waals surface area contributed by atoms with Crippen LogP contribution in [0, 0.1) is 0 Å². The second kappa shape index (κ2) is 6.10. The van der Waals surface area contributed by atoms with Crippen molar-refractivity contribution in [3.63, 3.8) is 0 Å². The van der Waals surface area contributed by atoms with Gasteiger partial charge in [-0.2, -0.15) is 0 Å². The molecule has 0 amide bonds. The molecule has 9 heteroatoms. The van der Waals surface area contributed by atoms with Crippen LogP contribution in [0.5, 0.6) is 0 Å². The highest BCUT2D eigenvalue weighted by Gasteiger charge is 2.18. The van der Waals surface area contributed by atoms with E-state index in [-0.39, 0.29) is 19.3 Å². The van der Waals surface area contributed by atoms with Crippen molar-refractivity contribution in [2.24, 2.45) is 0 Å². The number of aromatic nitrogens is 2. The molecule has 0 fully saturated rings. The minimum Gasteiger partial charge on any atom is -0.376 e. The molecule has 0 saturated heterocycles. The van der Waals surface area contributed by atoms with Crippen LogP contribution in [-0.2, 0) is 15.8 Å². The number of rotatable bonds is 6. The third-order valence-corrected chi connectivity index (χ3v) is 3.12. The van der Waals surface area contributed by atoms with Crippen molar-refractivity contribution in [1.82, 2.24) is 9.55 Å². The van der Waals surface area contributed by atoms with Crippen molar-refractivity contribution < 1.29 is 19.1 Å². The van der Waals surface area contributed by atoms with Crippen LogP contribution in [0.25, 0.3) is 0 Å². The van der Waals surface area contributed by atoms with Gasteiger partial charge in [0.2, 0.25) is 0 Å². The molecule has 0 saturated carbocycles. The third kappa shape index (κ3) is 5.42. The maximum absolute atomic E-state index is 11.3. The Morgan fingerprint density at radius 3 is 2.72 bits per heavy atom. The predicted molar refractivity (Wildman–Crippen MR) is 63.6 cm³/mol. The quantitative estimate of drug-likeness (QED) is 0.581. The van der Waals surface area contributed by atoms with Crippen LogP contribution in [0.3, 0.4) is 0 Å². The smallest absolute Gasteiger partial charge is 0.328 e. The van der Waals surface area contributed by atoms with Gasteiger partial charge < -0.3 is 14.5 Å². The van der Waals surface area contributed by atoms with Crippen LogP contribution in [0.2, 0.25) is 0 Å². The molecule has 1 rings (SSSR count). The van der Waals surface area contributed by atoms with Crippen molar-refractivity contribution >= 4 is 7.60 Å². The second-order valence-corrected chi connectivity index (χ2v) is 5.53. The molecule has 1 aromatic heterocycles. The largest absolute Gasteiger partial charge is 0.376 e. The van der Waals surface area contributed by atoms with Gasteiger partial charge in [0.15, 0.2) is 0 Å². The first-order chi connectivity index (χ1) is 8.28. The fourth-order valence-electron chi connectivity index (χ4n) is 1.36. The number of hydrogen-bond donors (Lipinski definition) is 3. The number of ether oxygens (including phenoxy) is 1. The Balaban J connectivity index is 2.45. The van der Waals surface area contributed by atoms with Gasteiger partial charge in [-0.1, -0.05) is 0 Å². The molecule has 0 bridgehead atoms. The van der Waals surface area contributed by atoms with E-state index in [1.165, 1.54) is 23.8 Å². The summed E-state index contributed by atoms with van der Waals surface area (Å²) in [6.45, 7) is 1.85. The zero-order valence-electron chi connectivity index (χ0n) is 9.78. The van der Waals surface area contributed by atoms with E-state index in [1.807, 2.05) is 0 Å². The molecule has 1 unspecified atom stereocenters. The summed E-state index contributed by atoms with van der Waals surface area (Å²) in [7, 11) is -4.09. The average molecular weight is 278 g/mol.